The molecular formula is C25H25BN7O. The predicted octanol–water partition coefficient (Wildman–Crippen LogP) is 3.56. The summed E-state index contributed by atoms with van der Waals surface area (Å²) in [6, 6.07) is 11.7. The van der Waals surface area contributed by atoms with Gasteiger partial charge in [0.05, 0.1) is 16.6 Å². The van der Waals surface area contributed by atoms with Crippen molar-refractivity contribution >= 4 is 36.3 Å². The molecule has 4 N–H and O–H groups in total. The highest BCUT2D eigenvalue weighted by molar-refractivity contribution is 6.06. The van der Waals surface area contributed by atoms with E-state index in [2.05, 4.69) is 56.8 Å². The molecule has 34 heavy (non-hydrogen) atoms. The minimum absolute atomic E-state index is 0. The van der Waals surface area contributed by atoms with E-state index in [1.54, 1.807) is 13.1 Å². The minimum atomic E-state index is -0.173. The number of hydrogen-bond donors (Lipinski definition) is 4. The number of imidazole rings is 1. The molecule has 1 amide bonds. The van der Waals surface area contributed by atoms with E-state index in [-0.39, 0.29) is 14.3 Å². The predicted molar refractivity (Wildman–Crippen MR) is 136 cm³/mol. The van der Waals surface area contributed by atoms with E-state index in [0.29, 0.717) is 22.6 Å². The number of fused-ring (bicyclic) bond motifs is 2. The molecule has 3 heterocycles. The maximum atomic E-state index is 12.3. The number of nitrogens with one attached hydrogen (secondary N) is 4. The molecule has 8 nitrogen and oxygen atoms in total. The quantitative estimate of drug-likeness (QED) is 0.296. The first kappa shape index (κ1) is 23.2. The number of pyridine rings is 1. The number of carbonyl (C=O) groups excluding carboxylic acids is 1. The lowest BCUT2D eigenvalue weighted by atomic mass is 9.98. The van der Waals surface area contributed by atoms with Gasteiger partial charge in [-0.2, -0.15) is 5.10 Å². The lowest BCUT2D eigenvalue weighted by Crippen LogP contribution is -2.18. The summed E-state index contributed by atoms with van der Waals surface area (Å²) in [7, 11) is 1.61. The molecule has 3 radical (unpaired) electrons. The maximum absolute atomic E-state index is 12.3. The summed E-state index contributed by atoms with van der Waals surface area (Å²) >= 11 is 0. The molecule has 0 spiro atoms. The highest BCUT2D eigenvalue weighted by Crippen LogP contribution is 2.32. The number of H-pyrrole nitrogens is 2. The van der Waals surface area contributed by atoms with Gasteiger partial charge in [-0.05, 0) is 54.4 Å². The van der Waals surface area contributed by atoms with Crippen molar-refractivity contribution in [3.05, 3.63) is 65.5 Å². The number of hydrogen-bond acceptors (Lipinski definition) is 5. The largest absolute Gasteiger partial charge is 0.355 e. The second-order valence-corrected chi connectivity index (χ2v) is 7.95. The molecule has 2 aromatic carbocycles. The Labute approximate surface area is 199 Å². The number of amides is 1. The van der Waals surface area contributed by atoms with E-state index in [9.17, 15) is 4.79 Å². The van der Waals surface area contributed by atoms with Gasteiger partial charge < -0.3 is 15.6 Å². The van der Waals surface area contributed by atoms with E-state index in [0.717, 1.165) is 40.6 Å². The van der Waals surface area contributed by atoms with Crippen LogP contribution < -0.4 is 10.6 Å². The molecule has 0 unspecified atom stereocenters. The van der Waals surface area contributed by atoms with Crippen molar-refractivity contribution in [2.24, 2.45) is 0 Å². The molecule has 3 aromatic heterocycles. The van der Waals surface area contributed by atoms with Crippen LogP contribution in [0.15, 0.2) is 48.8 Å². The van der Waals surface area contributed by atoms with Crippen LogP contribution in [0.4, 0.5) is 0 Å². The second-order valence-electron chi connectivity index (χ2n) is 7.95. The molecule has 0 atom stereocenters. The lowest BCUT2D eigenvalue weighted by Gasteiger charge is -2.11. The molecule has 5 rings (SSSR count). The summed E-state index contributed by atoms with van der Waals surface area (Å²) in [5.41, 5.74) is 8.09. The zero-order valence-corrected chi connectivity index (χ0v) is 19.4. The van der Waals surface area contributed by atoms with E-state index >= 15 is 0 Å². The first-order valence-electron chi connectivity index (χ1n) is 10.9. The molecule has 0 aliphatic carbocycles. The van der Waals surface area contributed by atoms with Crippen molar-refractivity contribution in [1.82, 2.24) is 35.8 Å². The third-order valence-corrected chi connectivity index (χ3v) is 5.97. The lowest BCUT2D eigenvalue weighted by molar-refractivity contribution is 0.0964. The summed E-state index contributed by atoms with van der Waals surface area (Å²) < 4.78 is 0. The van der Waals surface area contributed by atoms with Crippen LogP contribution in [0.3, 0.4) is 0 Å². The number of rotatable bonds is 6. The van der Waals surface area contributed by atoms with Gasteiger partial charge in [0, 0.05) is 45.3 Å². The van der Waals surface area contributed by atoms with Crippen LogP contribution in [0.1, 0.15) is 28.4 Å². The van der Waals surface area contributed by atoms with Gasteiger partial charge in [0.15, 0.2) is 5.82 Å². The monoisotopic (exact) mass is 450 g/mol. The van der Waals surface area contributed by atoms with Crippen molar-refractivity contribution in [3.63, 3.8) is 0 Å². The number of carbonyl (C=O) groups is 1. The van der Waals surface area contributed by atoms with Gasteiger partial charge in [0.25, 0.3) is 5.91 Å². The molecule has 0 saturated carbocycles. The van der Waals surface area contributed by atoms with E-state index in [4.69, 9.17) is 4.98 Å². The Hall–Kier alpha value is -3.98. The second kappa shape index (κ2) is 9.48. The van der Waals surface area contributed by atoms with Crippen molar-refractivity contribution < 1.29 is 4.79 Å². The fraction of sp³-hybridized carbons (Fsp3) is 0.200. The SMILES string of the molecule is CCNCc1cncc(-c2ccc3[nH]nc(-c4nc5c(C(=O)NC)cccc5[nH]4)c3c2)c1C.[B]. The molecule has 9 heteroatoms. The number of para-hydroxylation sites is 1. The normalized spacial score (nSPS) is 11.0. The van der Waals surface area contributed by atoms with E-state index in [1.165, 1.54) is 11.1 Å². The third-order valence-electron chi connectivity index (χ3n) is 5.97. The number of aromatic nitrogens is 5. The van der Waals surface area contributed by atoms with E-state index in [1.807, 2.05) is 30.6 Å². The summed E-state index contributed by atoms with van der Waals surface area (Å²) in [6.45, 7) is 5.92. The van der Waals surface area contributed by atoms with Gasteiger partial charge in [-0.3, -0.25) is 14.9 Å². The van der Waals surface area contributed by atoms with Crippen LogP contribution in [-0.2, 0) is 6.54 Å². The van der Waals surface area contributed by atoms with Gasteiger partial charge in [-0.1, -0.05) is 19.1 Å². The van der Waals surface area contributed by atoms with Gasteiger partial charge in [0.2, 0.25) is 0 Å². The molecule has 0 aliphatic heterocycles. The average molecular weight is 450 g/mol. The van der Waals surface area contributed by atoms with Gasteiger partial charge in [-0.15, -0.1) is 0 Å². The zero-order chi connectivity index (χ0) is 22.9. The zero-order valence-electron chi connectivity index (χ0n) is 19.4. The summed E-state index contributed by atoms with van der Waals surface area (Å²) in [5.74, 6) is 0.439. The van der Waals surface area contributed by atoms with Crippen LogP contribution in [-0.4, -0.2) is 53.1 Å². The van der Waals surface area contributed by atoms with Crippen molar-refractivity contribution in [1.29, 1.82) is 0 Å². The molecule has 0 aliphatic rings. The number of nitrogens with zero attached hydrogens (tertiary/aromatic N) is 3. The van der Waals surface area contributed by atoms with Crippen LogP contribution >= 0.6 is 0 Å². The standard InChI is InChI=1S/C25H25N7O.B/c1-4-27-11-16-12-28-13-19(14(16)2)15-8-9-20-18(10-15)23(32-31-20)24-29-21-7-5-6-17(22(21)30-24)25(33)26-3;/h5-10,12-13,27H,4,11H2,1-3H3,(H,26,33)(H,29,30)(H,31,32);. The number of benzene rings is 2. The van der Waals surface area contributed by atoms with Crippen LogP contribution in [0, 0.1) is 6.92 Å². The first-order chi connectivity index (χ1) is 16.1. The maximum Gasteiger partial charge on any atom is 0.253 e. The summed E-state index contributed by atoms with van der Waals surface area (Å²) in [6.07, 6.45) is 3.82. The Morgan fingerprint density at radius 1 is 1.12 bits per heavy atom. The Morgan fingerprint density at radius 3 is 2.76 bits per heavy atom. The molecular weight excluding hydrogens is 425 g/mol. The average Bonchev–Trinajstić information content (AvgIpc) is 3.46. The molecule has 0 fully saturated rings. The minimum Gasteiger partial charge on any atom is -0.355 e. The Morgan fingerprint density at radius 2 is 1.97 bits per heavy atom. The number of aromatic amines is 2. The molecule has 0 bridgehead atoms. The van der Waals surface area contributed by atoms with Crippen LogP contribution in [0.25, 0.3) is 44.6 Å². The Kier molecular flexibility index (Phi) is 6.47. The van der Waals surface area contributed by atoms with Crippen LogP contribution in [0.5, 0.6) is 0 Å². The first-order valence-corrected chi connectivity index (χ1v) is 10.9. The molecule has 0 saturated heterocycles. The Balaban J connectivity index is 0.00000274. The van der Waals surface area contributed by atoms with Crippen molar-refractivity contribution in [3.8, 4) is 22.6 Å². The van der Waals surface area contributed by atoms with Crippen molar-refractivity contribution in [2.45, 2.75) is 20.4 Å². The smallest absolute Gasteiger partial charge is 0.253 e. The van der Waals surface area contributed by atoms with E-state index < -0.39 is 0 Å². The fourth-order valence-electron chi connectivity index (χ4n) is 4.12. The Bertz CT molecular complexity index is 1490. The topological polar surface area (TPSA) is 111 Å². The molecule has 5 aromatic rings. The van der Waals surface area contributed by atoms with Gasteiger partial charge in [0.1, 0.15) is 11.2 Å². The van der Waals surface area contributed by atoms with Gasteiger partial charge >= 0.3 is 0 Å². The van der Waals surface area contributed by atoms with Crippen LogP contribution in [0.2, 0.25) is 0 Å². The highest BCUT2D eigenvalue weighted by atomic mass is 16.1. The summed E-state index contributed by atoms with van der Waals surface area (Å²) in [4.78, 5) is 24.8. The van der Waals surface area contributed by atoms with Crippen molar-refractivity contribution in [2.75, 3.05) is 13.6 Å². The fourth-order valence-corrected chi connectivity index (χ4v) is 4.12. The summed E-state index contributed by atoms with van der Waals surface area (Å²) in [5, 5.41) is 14.6. The highest BCUT2D eigenvalue weighted by Gasteiger charge is 2.17. The van der Waals surface area contributed by atoms with Gasteiger partial charge in [-0.25, -0.2) is 4.98 Å². The molecule has 169 valence electrons. The third kappa shape index (κ3) is 3.95.